The third-order valence-electron chi connectivity index (χ3n) is 5.56. The molecule has 2 heterocycles. The Morgan fingerprint density at radius 1 is 1.07 bits per heavy atom. The van der Waals surface area contributed by atoms with E-state index in [0.717, 1.165) is 41.5 Å². The first-order valence-corrected chi connectivity index (χ1v) is 10.9. The Morgan fingerprint density at radius 2 is 1.93 bits per heavy atom. The van der Waals surface area contributed by atoms with E-state index in [2.05, 4.69) is 29.2 Å². The van der Waals surface area contributed by atoms with Gasteiger partial charge in [0.2, 0.25) is 6.79 Å². The van der Waals surface area contributed by atoms with Crippen molar-refractivity contribution in [2.24, 2.45) is 0 Å². The molecule has 0 saturated carbocycles. The van der Waals surface area contributed by atoms with Crippen molar-refractivity contribution in [2.45, 2.75) is 23.1 Å². The zero-order chi connectivity index (χ0) is 20.5. The van der Waals surface area contributed by atoms with E-state index in [1.807, 2.05) is 42.1 Å². The summed E-state index contributed by atoms with van der Waals surface area (Å²) in [6.45, 7) is 1.81. The monoisotopic (exact) mass is 421 g/mol. The number of rotatable bonds is 4. The van der Waals surface area contributed by atoms with Gasteiger partial charge in [0.25, 0.3) is 0 Å². The fourth-order valence-corrected chi connectivity index (χ4v) is 5.26. The molecule has 0 aliphatic carbocycles. The molecule has 6 heteroatoms. The van der Waals surface area contributed by atoms with Gasteiger partial charge in [-0.2, -0.15) is 0 Å². The average Bonchev–Trinajstić information content (AvgIpc) is 3.17. The number of phenols is 1. The molecule has 1 atom stereocenters. The molecule has 30 heavy (non-hydrogen) atoms. The number of thioether (sulfide) groups is 1. The summed E-state index contributed by atoms with van der Waals surface area (Å²) in [7, 11) is 1.69. The van der Waals surface area contributed by atoms with Crippen LogP contribution in [0.4, 0.5) is 5.69 Å². The van der Waals surface area contributed by atoms with Gasteiger partial charge in [0.05, 0.1) is 12.8 Å². The Balaban J connectivity index is 1.49. The molecular formula is C24H23NO4S. The third kappa shape index (κ3) is 3.63. The number of fused-ring (bicyclic) bond motifs is 2. The summed E-state index contributed by atoms with van der Waals surface area (Å²) < 4.78 is 16.5. The van der Waals surface area contributed by atoms with E-state index in [4.69, 9.17) is 14.2 Å². The van der Waals surface area contributed by atoms with Crippen molar-refractivity contribution in [3.8, 4) is 23.0 Å². The highest BCUT2D eigenvalue weighted by atomic mass is 32.2. The van der Waals surface area contributed by atoms with E-state index in [9.17, 15) is 5.11 Å². The molecule has 1 unspecified atom stereocenters. The van der Waals surface area contributed by atoms with Crippen LogP contribution in [0.3, 0.4) is 0 Å². The molecule has 5 rings (SSSR count). The average molecular weight is 422 g/mol. The molecule has 2 aliphatic rings. The van der Waals surface area contributed by atoms with Crippen LogP contribution in [0.2, 0.25) is 0 Å². The molecular weight excluding hydrogens is 398 g/mol. The van der Waals surface area contributed by atoms with E-state index in [-0.39, 0.29) is 12.0 Å². The lowest BCUT2D eigenvalue weighted by Gasteiger charge is -2.25. The van der Waals surface area contributed by atoms with E-state index >= 15 is 0 Å². The molecule has 0 amide bonds. The number of aromatic hydroxyl groups is 1. The van der Waals surface area contributed by atoms with Crippen LogP contribution in [0, 0.1) is 0 Å². The smallest absolute Gasteiger partial charge is 0.231 e. The van der Waals surface area contributed by atoms with Crippen LogP contribution in [-0.4, -0.2) is 25.6 Å². The summed E-state index contributed by atoms with van der Waals surface area (Å²) in [6.07, 6.45) is 0.967. The predicted octanol–water partition coefficient (Wildman–Crippen LogP) is 5.37. The molecule has 0 radical (unpaired) electrons. The standard InChI is InChI=1S/C24H23NO4S/c1-27-18-7-8-19-24(13-18)30-23(16-6-9-21-22(12-16)29-15-28-21)10-11-25(19)14-17-4-2-3-5-20(17)26/h2-9,12-13,23,26H,10-11,14-15H2,1H3. The topological polar surface area (TPSA) is 51.2 Å². The van der Waals surface area contributed by atoms with Crippen LogP contribution in [0.25, 0.3) is 0 Å². The molecule has 5 nitrogen and oxygen atoms in total. The first-order valence-electron chi connectivity index (χ1n) is 9.97. The highest BCUT2D eigenvalue weighted by molar-refractivity contribution is 7.99. The number of methoxy groups -OCH3 is 1. The Morgan fingerprint density at radius 3 is 2.80 bits per heavy atom. The van der Waals surface area contributed by atoms with Gasteiger partial charge in [-0.15, -0.1) is 11.8 Å². The number of phenolic OH excluding ortho intramolecular Hbond substituents is 1. The molecule has 0 aromatic heterocycles. The molecule has 1 N–H and O–H groups in total. The van der Waals surface area contributed by atoms with Crippen LogP contribution in [0.1, 0.15) is 22.8 Å². The van der Waals surface area contributed by atoms with Gasteiger partial charge in [0, 0.05) is 28.8 Å². The Labute approximate surface area is 180 Å². The van der Waals surface area contributed by atoms with Gasteiger partial charge < -0.3 is 24.2 Å². The molecule has 0 spiro atoms. The number of benzene rings is 3. The fourth-order valence-electron chi connectivity index (χ4n) is 3.95. The predicted molar refractivity (Wildman–Crippen MR) is 118 cm³/mol. The fraction of sp³-hybridized carbons (Fsp3) is 0.250. The van der Waals surface area contributed by atoms with Crippen molar-refractivity contribution >= 4 is 17.4 Å². The minimum atomic E-state index is 0.278. The Hall–Kier alpha value is -2.99. The number of ether oxygens (including phenoxy) is 3. The number of para-hydroxylation sites is 1. The van der Waals surface area contributed by atoms with E-state index in [1.165, 1.54) is 10.5 Å². The molecule has 3 aromatic rings. The molecule has 2 aliphatic heterocycles. The Bertz CT molecular complexity index is 1070. The van der Waals surface area contributed by atoms with E-state index < -0.39 is 0 Å². The quantitative estimate of drug-likeness (QED) is 0.611. The second-order valence-corrected chi connectivity index (χ2v) is 8.64. The lowest BCUT2D eigenvalue weighted by molar-refractivity contribution is 0.174. The zero-order valence-electron chi connectivity index (χ0n) is 16.7. The van der Waals surface area contributed by atoms with Crippen molar-refractivity contribution in [3.63, 3.8) is 0 Å². The highest BCUT2D eigenvalue weighted by Crippen LogP contribution is 2.48. The molecule has 154 valence electrons. The lowest BCUT2D eigenvalue weighted by atomic mass is 10.1. The summed E-state index contributed by atoms with van der Waals surface area (Å²) in [5.74, 6) is 2.79. The van der Waals surface area contributed by atoms with Crippen LogP contribution in [0.15, 0.2) is 65.6 Å². The number of anilines is 1. The lowest BCUT2D eigenvalue weighted by Crippen LogP contribution is -2.24. The molecule has 0 saturated heterocycles. The molecule has 0 bridgehead atoms. The number of nitrogens with zero attached hydrogens (tertiary/aromatic N) is 1. The van der Waals surface area contributed by atoms with Crippen LogP contribution >= 0.6 is 11.8 Å². The first-order chi connectivity index (χ1) is 14.7. The van der Waals surface area contributed by atoms with Crippen LogP contribution in [-0.2, 0) is 6.54 Å². The Kier molecular flexibility index (Phi) is 5.09. The van der Waals surface area contributed by atoms with Gasteiger partial charge >= 0.3 is 0 Å². The van der Waals surface area contributed by atoms with E-state index in [1.54, 1.807) is 13.2 Å². The SMILES string of the molecule is COc1ccc2c(c1)SC(c1ccc3c(c1)OCO3)CCN2Cc1ccccc1O. The maximum atomic E-state index is 10.3. The van der Waals surface area contributed by atoms with Crippen LogP contribution < -0.4 is 19.1 Å². The van der Waals surface area contributed by atoms with Gasteiger partial charge in [-0.3, -0.25) is 0 Å². The van der Waals surface area contributed by atoms with Crippen LogP contribution in [0.5, 0.6) is 23.0 Å². The van der Waals surface area contributed by atoms with Crippen molar-refractivity contribution < 1.29 is 19.3 Å². The highest BCUT2D eigenvalue weighted by Gasteiger charge is 2.26. The van der Waals surface area contributed by atoms with Gasteiger partial charge in [-0.05, 0) is 48.4 Å². The summed E-state index contributed by atoms with van der Waals surface area (Å²) in [4.78, 5) is 3.51. The normalized spacial score (nSPS) is 17.4. The molecule has 3 aromatic carbocycles. The minimum Gasteiger partial charge on any atom is -0.508 e. The van der Waals surface area contributed by atoms with Crippen molar-refractivity contribution in [2.75, 3.05) is 25.3 Å². The van der Waals surface area contributed by atoms with Gasteiger partial charge in [-0.1, -0.05) is 24.3 Å². The third-order valence-corrected chi connectivity index (χ3v) is 6.93. The maximum Gasteiger partial charge on any atom is 0.231 e. The first kappa shape index (κ1) is 19.0. The summed E-state index contributed by atoms with van der Waals surface area (Å²) in [6, 6.07) is 20.0. The maximum absolute atomic E-state index is 10.3. The second-order valence-electron chi connectivity index (χ2n) is 7.39. The second kappa shape index (κ2) is 8.03. The summed E-state index contributed by atoms with van der Waals surface area (Å²) >= 11 is 1.84. The zero-order valence-corrected chi connectivity index (χ0v) is 17.5. The van der Waals surface area contributed by atoms with Gasteiger partial charge in [-0.25, -0.2) is 0 Å². The number of hydrogen-bond donors (Lipinski definition) is 1. The largest absolute Gasteiger partial charge is 0.508 e. The van der Waals surface area contributed by atoms with Crippen molar-refractivity contribution in [1.29, 1.82) is 0 Å². The van der Waals surface area contributed by atoms with Crippen molar-refractivity contribution in [1.82, 2.24) is 0 Å². The molecule has 0 fully saturated rings. The number of hydrogen-bond acceptors (Lipinski definition) is 6. The summed E-state index contributed by atoms with van der Waals surface area (Å²) in [5, 5.41) is 10.6. The summed E-state index contributed by atoms with van der Waals surface area (Å²) in [5.41, 5.74) is 3.31. The van der Waals surface area contributed by atoms with Crippen molar-refractivity contribution in [3.05, 3.63) is 71.8 Å². The minimum absolute atomic E-state index is 0.278. The van der Waals surface area contributed by atoms with E-state index in [0.29, 0.717) is 12.3 Å². The van der Waals surface area contributed by atoms with Gasteiger partial charge in [0.15, 0.2) is 11.5 Å². The van der Waals surface area contributed by atoms with Gasteiger partial charge in [0.1, 0.15) is 11.5 Å².